The molecule has 2 aliphatic rings. The molecule has 224 valence electrons. The lowest BCUT2D eigenvalue weighted by Gasteiger charge is -2.23. The number of carbonyl (C=O) groups is 1. The average molecular weight is 551 g/mol. The second-order valence-corrected chi connectivity index (χ2v) is 10.8. The van der Waals surface area contributed by atoms with Gasteiger partial charge in [-0.3, -0.25) is 4.79 Å². The first-order chi connectivity index (χ1) is 18.7. The number of ether oxygens (including phenoxy) is 4. The highest BCUT2D eigenvalue weighted by molar-refractivity contribution is 5.69. The Morgan fingerprint density at radius 2 is 1.28 bits per heavy atom. The minimum absolute atomic E-state index is 0.0566. The van der Waals surface area contributed by atoms with Crippen molar-refractivity contribution in [3.05, 3.63) is 47.6 Å². The quantitative estimate of drug-likeness (QED) is 0.336. The Labute approximate surface area is 236 Å². The van der Waals surface area contributed by atoms with E-state index in [0.717, 1.165) is 50.7 Å². The van der Waals surface area contributed by atoms with E-state index in [-0.39, 0.29) is 30.0 Å². The first kappa shape index (κ1) is 35.3. The molecule has 0 bridgehead atoms. The van der Waals surface area contributed by atoms with Crippen LogP contribution in [0.2, 0.25) is 0 Å². The van der Waals surface area contributed by atoms with Crippen molar-refractivity contribution in [2.24, 2.45) is 11.8 Å². The SMILES string of the molecule is CO[C@H]1/C=C/CCCCC(=O)OC/C(C)=C\C(C)[C@@H]1O.CO[C@H]1/C=C/CCCCCOC/C(C)=C\C(C)[C@@H]1O. The fourth-order valence-corrected chi connectivity index (χ4v) is 4.59. The van der Waals surface area contributed by atoms with Crippen molar-refractivity contribution in [3.8, 4) is 0 Å². The molecular weight excluding hydrogens is 496 g/mol. The van der Waals surface area contributed by atoms with E-state index < -0.39 is 12.2 Å². The van der Waals surface area contributed by atoms with Gasteiger partial charge in [0, 0.05) is 39.1 Å². The minimum atomic E-state index is -0.607. The molecule has 0 aromatic heterocycles. The zero-order valence-corrected chi connectivity index (χ0v) is 25.1. The van der Waals surface area contributed by atoms with E-state index in [1.807, 2.05) is 52.0 Å². The number of hydrogen-bond acceptors (Lipinski definition) is 7. The summed E-state index contributed by atoms with van der Waals surface area (Å²) in [6, 6.07) is 0. The smallest absolute Gasteiger partial charge is 0.306 e. The Bertz CT molecular complexity index is 785. The second-order valence-electron chi connectivity index (χ2n) is 10.8. The van der Waals surface area contributed by atoms with Crippen molar-refractivity contribution in [2.75, 3.05) is 34.0 Å². The number of allylic oxidation sites excluding steroid dienone is 2. The van der Waals surface area contributed by atoms with Crippen LogP contribution in [0.15, 0.2) is 47.6 Å². The van der Waals surface area contributed by atoms with E-state index in [4.69, 9.17) is 18.9 Å². The molecule has 0 aliphatic carbocycles. The van der Waals surface area contributed by atoms with Crippen molar-refractivity contribution in [2.45, 2.75) is 103 Å². The third-order valence-electron chi connectivity index (χ3n) is 6.99. The highest BCUT2D eigenvalue weighted by Crippen LogP contribution is 2.17. The van der Waals surface area contributed by atoms with Crippen LogP contribution in [-0.2, 0) is 23.7 Å². The largest absolute Gasteiger partial charge is 0.461 e. The number of aliphatic hydroxyl groups is 2. The van der Waals surface area contributed by atoms with Gasteiger partial charge in [-0.1, -0.05) is 62.3 Å². The molecule has 0 amide bonds. The van der Waals surface area contributed by atoms with Crippen LogP contribution in [0, 0.1) is 11.8 Å². The number of esters is 1. The molecule has 0 fully saturated rings. The lowest BCUT2D eigenvalue weighted by Crippen LogP contribution is -2.31. The predicted octanol–water partition coefficient (Wildman–Crippen LogP) is 5.71. The number of rotatable bonds is 2. The molecule has 7 nitrogen and oxygen atoms in total. The first-order valence-electron chi connectivity index (χ1n) is 14.5. The monoisotopic (exact) mass is 550 g/mol. The Morgan fingerprint density at radius 3 is 1.82 bits per heavy atom. The zero-order chi connectivity index (χ0) is 29.0. The zero-order valence-electron chi connectivity index (χ0n) is 25.1. The van der Waals surface area contributed by atoms with E-state index in [9.17, 15) is 15.0 Å². The molecule has 0 aromatic carbocycles. The molecular formula is C32H54O7. The Kier molecular flexibility index (Phi) is 19.0. The Balaban J connectivity index is 0.000000391. The van der Waals surface area contributed by atoms with Gasteiger partial charge in [0.2, 0.25) is 0 Å². The van der Waals surface area contributed by atoms with Crippen molar-refractivity contribution < 1.29 is 34.0 Å². The molecule has 7 heteroatoms. The Morgan fingerprint density at radius 1 is 0.769 bits per heavy atom. The van der Waals surface area contributed by atoms with Crippen LogP contribution in [0.5, 0.6) is 0 Å². The van der Waals surface area contributed by atoms with Crippen LogP contribution in [0.4, 0.5) is 0 Å². The summed E-state index contributed by atoms with van der Waals surface area (Å²) in [4.78, 5) is 11.5. The lowest BCUT2D eigenvalue weighted by molar-refractivity contribution is -0.142. The van der Waals surface area contributed by atoms with Crippen molar-refractivity contribution in [1.29, 1.82) is 0 Å². The van der Waals surface area contributed by atoms with Gasteiger partial charge in [0.05, 0.1) is 18.8 Å². The molecule has 0 saturated carbocycles. The van der Waals surface area contributed by atoms with Gasteiger partial charge in [0.25, 0.3) is 0 Å². The molecule has 2 aliphatic heterocycles. The molecule has 0 aromatic rings. The minimum Gasteiger partial charge on any atom is -0.461 e. The normalized spacial score (nSPS) is 35.2. The number of carbonyl (C=O) groups excluding carboxylic acids is 1. The second kappa shape index (κ2) is 21.0. The molecule has 0 radical (unpaired) electrons. The van der Waals surface area contributed by atoms with Gasteiger partial charge in [0.15, 0.2) is 0 Å². The van der Waals surface area contributed by atoms with Gasteiger partial charge in [-0.2, -0.15) is 0 Å². The van der Waals surface area contributed by atoms with Crippen molar-refractivity contribution in [3.63, 3.8) is 0 Å². The summed E-state index contributed by atoms with van der Waals surface area (Å²) in [7, 11) is 3.25. The van der Waals surface area contributed by atoms with E-state index >= 15 is 0 Å². The first-order valence-corrected chi connectivity index (χ1v) is 14.5. The molecule has 39 heavy (non-hydrogen) atoms. The summed E-state index contributed by atoms with van der Waals surface area (Å²) in [5.41, 5.74) is 2.11. The highest BCUT2D eigenvalue weighted by Gasteiger charge is 2.22. The number of aliphatic hydroxyl groups excluding tert-OH is 2. The van der Waals surface area contributed by atoms with Crippen LogP contribution in [0.25, 0.3) is 0 Å². The Hall–Kier alpha value is -1.77. The summed E-state index contributed by atoms with van der Waals surface area (Å²) < 4.78 is 21.5. The number of methoxy groups -OCH3 is 2. The van der Waals surface area contributed by atoms with Gasteiger partial charge in [0.1, 0.15) is 18.8 Å². The van der Waals surface area contributed by atoms with E-state index in [1.54, 1.807) is 14.2 Å². The van der Waals surface area contributed by atoms with E-state index in [0.29, 0.717) is 19.6 Å². The predicted molar refractivity (Wildman–Crippen MR) is 156 cm³/mol. The van der Waals surface area contributed by atoms with Crippen LogP contribution in [0.1, 0.15) is 79.1 Å². The topological polar surface area (TPSA) is 94.5 Å². The molecule has 0 spiro atoms. The lowest BCUT2D eigenvalue weighted by atomic mass is 9.96. The third-order valence-corrected chi connectivity index (χ3v) is 6.99. The van der Waals surface area contributed by atoms with Gasteiger partial charge < -0.3 is 29.2 Å². The molecule has 2 heterocycles. The summed E-state index contributed by atoms with van der Waals surface area (Å²) in [5.74, 6) is -0.158. The van der Waals surface area contributed by atoms with Crippen molar-refractivity contribution in [1.82, 2.24) is 0 Å². The van der Waals surface area contributed by atoms with Gasteiger partial charge in [-0.05, 0) is 57.9 Å². The molecule has 0 saturated heterocycles. The third kappa shape index (κ3) is 15.6. The fraction of sp³-hybridized carbons (Fsp3) is 0.719. The van der Waals surface area contributed by atoms with Gasteiger partial charge >= 0.3 is 5.97 Å². The molecule has 6 atom stereocenters. The van der Waals surface area contributed by atoms with Crippen LogP contribution >= 0.6 is 0 Å². The number of cyclic esters (lactones) is 1. The molecule has 2 N–H and O–H groups in total. The summed E-state index contributed by atoms with van der Waals surface area (Å²) in [6.45, 7) is 9.68. The van der Waals surface area contributed by atoms with Crippen molar-refractivity contribution >= 4 is 5.97 Å². The van der Waals surface area contributed by atoms with Crippen LogP contribution in [-0.4, -0.2) is 74.6 Å². The highest BCUT2D eigenvalue weighted by atomic mass is 16.5. The maximum Gasteiger partial charge on any atom is 0.306 e. The molecule has 2 rings (SSSR count). The fourth-order valence-electron chi connectivity index (χ4n) is 4.59. The van der Waals surface area contributed by atoms with Crippen LogP contribution in [0.3, 0.4) is 0 Å². The van der Waals surface area contributed by atoms with E-state index in [2.05, 4.69) is 12.2 Å². The summed E-state index contributed by atoms with van der Waals surface area (Å²) in [5, 5.41) is 20.6. The maximum absolute atomic E-state index is 11.5. The summed E-state index contributed by atoms with van der Waals surface area (Å²) in [6.07, 6.45) is 18.0. The maximum atomic E-state index is 11.5. The summed E-state index contributed by atoms with van der Waals surface area (Å²) >= 11 is 0. The number of hydrogen-bond donors (Lipinski definition) is 2. The molecule has 2 unspecified atom stereocenters. The van der Waals surface area contributed by atoms with E-state index in [1.165, 1.54) is 12.0 Å². The van der Waals surface area contributed by atoms with Gasteiger partial charge in [-0.15, -0.1) is 0 Å². The van der Waals surface area contributed by atoms with Crippen LogP contribution < -0.4 is 0 Å². The standard InChI is InChI=1S/C16H26O4.C16H28O3/c1-12-10-13(2)16(18)14(19-3)8-6-4-5-7-9-15(17)20-11-12;1-13-11-14(2)16(17)15(18-3)9-7-5-4-6-8-10-19-12-13/h6,8,10,13-14,16,18H,4-5,7,9,11H2,1-3H3;7,9,11,14-17H,4-6,8,10,12H2,1-3H3/b8-6+,12-10-;9-7+,13-11-/t13?,14-,16-;14?,15-,16-/m00/s1. The van der Waals surface area contributed by atoms with Gasteiger partial charge in [-0.25, -0.2) is 0 Å². The average Bonchev–Trinajstić information content (AvgIpc) is 2.91.